The molecular formula is C17H19F5O9S. The van der Waals surface area contributed by atoms with Gasteiger partial charge in [-0.1, -0.05) is 0 Å². The van der Waals surface area contributed by atoms with Crippen molar-refractivity contribution in [1.29, 1.82) is 0 Å². The molecule has 182 valence electrons. The number of hydrogen-bond acceptors (Lipinski definition) is 8. The Hall–Kier alpha value is -1.58. The Morgan fingerprint density at radius 1 is 1.03 bits per heavy atom. The van der Waals surface area contributed by atoms with Crippen LogP contribution in [0.1, 0.15) is 32.1 Å². The molecule has 5 rings (SSSR count). The molecular weight excluding hydrogens is 475 g/mol. The standard InChI is InChI=1S/C17H19F5O9S/c18-16(19,20)12(23)28-6-11-7-29-15(30-11)9-1-8-2-10(15)5-14(3-8,4-9)31-13(24)17(21,22)32(25,26)27/h8-11H,1-7H2,(H,25,26,27)/t8?,9-,10?,11?,14?,15?/m0/s1. The molecule has 4 saturated carbocycles. The molecule has 4 bridgehead atoms. The lowest BCUT2D eigenvalue weighted by Crippen LogP contribution is -2.65. The highest BCUT2D eigenvalue weighted by Gasteiger charge is 2.68. The molecule has 1 aliphatic heterocycles. The molecule has 0 aromatic rings. The second-order valence-corrected chi connectivity index (χ2v) is 10.2. The minimum Gasteiger partial charge on any atom is -0.456 e. The van der Waals surface area contributed by atoms with E-state index in [1.807, 2.05) is 0 Å². The number of ether oxygens (including phenoxy) is 4. The zero-order valence-electron chi connectivity index (χ0n) is 16.3. The Bertz CT molecular complexity index is 902. The van der Waals surface area contributed by atoms with Gasteiger partial charge in [0.1, 0.15) is 18.3 Å². The first-order valence-corrected chi connectivity index (χ1v) is 11.2. The fourth-order valence-corrected chi connectivity index (χ4v) is 5.91. The monoisotopic (exact) mass is 494 g/mol. The van der Waals surface area contributed by atoms with E-state index >= 15 is 0 Å². The fourth-order valence-electron chi connectivity index (χ4n) is 5.65. The lowest BCUT2D eigenvalue weighted by molar-refractivity contribution is -0.322. The summed E-state index contributed by atoms with van der Waals surface area (Å²) in [5.41, 5.74) is -1.40. The minimum atomic E-state index is -6.02. The van der Waals surface area contributed by atoms with Crippen LogP contribution in [0.2, 0.25) is 0 Å². The maximum atomic E-state index is 13.7. The van der Waals surface area contributed by atoms with E-state index in [0.717, 1.165) is 0 Å². The maximum Gasteiger partial charge on any atom is 0.490 e. The number of hydrogen-bond donors (Lipinski definition) is 1. The summed E-state index contributed by atoms with van der Waals surface area (Å²) >= 11 is 0. The fraction of sp³-hybridized carbons (Fsp3) is 0.882. The maximum absolute atomic E-state index is 13.7. The van der Waals surface area contributed by atoms with Crippen molar-refractivity contribution in [1.82, 2.24) is 0 Å². The lowest BCUT2D eigenvalue weighted by atomic mass is 9.51. The van der Waals surface area contributed by atoms with Gasteiger partial charge in [-0.05, 0) is 38.0 Å². The van der Waals surface area contributed by atoms with Crippen molar-refractivity contribution in [3.05, 3.63) is 0 Å². The number of alkyl halides is 5. The zero-order chi connectivity index (χ0) is 23.7. The smallest absolute Gasteiger partial charge is 0.456 e. The van der Waals surface area contributed by atoms with Crippen LogP contribution in [0.4, 0.5) is 22.0 Å². The van der Waals surface area contributed by atoms with Crippen LogP contribution in [-0.2, 0) is 38.7 Å². The Morgan fingerprint density at radius 2 is 1.62 bits per heavy atom. The summed E-state index contributed by atoms with van der Waals surface area (Å²) in [5, 5.41) is -5.12. The first-order valence-electron chi connectivity index (χ1n) is 9.72. The van der Waals surface area contributed by atoms with E-state index in [9.17, 15) is 40.0 Å². The topological polar surface area (TPSA) is 125 Å². The van der Waals surface area contributed by atoms with Gasteiger partial charge < -0.3 is 18.9 Å². The molecule has 0 amide bonds. The van der Waals surface area contributed by atoms with E-state index in [4.69, 9.17) is 18.8 Å². The average Bonchev–Trinajstić information content (AvgIpc) is 3.07. The van der Waals surface area contributed by atoms with E-state index < -0.39 is 69.4 Å². The Labute approximate surface area is 178 Å². The molecule has 9 nitrogen and oxygen atoms in total. The van der Waals surface area contributed by atoms with Crippen molar-refractivity contribution >= 4 is 22.1 Å². The van der Waals surface area contributed by atoms with Crippen molar-refractivity contribution in [3.8, 4) is 0 Å². The molecule has 1 saturated heterocycles. The second kappa shape index (κ2) is 7.21. The van der Waals surface area contributed by atoms with Crippen molar-refractivity contribution in [3.63, 3.8) is 0 Å². The van der Waals surface area contributed by atoms with E-state index in [1.165, 1.54) is 0 Å². The molecule has 5 unspecified atom stereocenters. The second-order valence-electron chi connectivity index (χ2n) is 8.78. The van der Waals surface area contributed by atoms with Gasteiger partial charge in [-0.15, -0.1) is 0 Å². The van der Waals surface area contributed by atoms with Gasteiger partial charge in [0.05, 0.1) is 6.61 Å². The number of esters is 2. The Kier molecular flexibility index (Phi) is 5.31. The van der Waals surface area contributed by atoms with Gasteiger partial charge in [0.15, 0.2) is 5.79 Å². The van der Waals surface area contributed by atoms with Crippen LogP contribution in [0.25, 0.3) is 0 Å². The molecule has 15 heteroatoms. The minimum absolute atomic E-state index is 0.00234. The summed E-state index contributed by atoms with van der Waals surface area (Å²) in [6.07, 6.45) is -4.87. The van der Waals surface area contributed by atoms with E-state index in [-0.39, 0.29) is 31.8 Å². The highest BCUT2D eigenvalue weighted by molar-refractivity contribution is 7.87. The van der Waals surface area contributed by atoms with Gasteiger partial charge in [-0.25, -0.2) is 9.59 Å². The molecule has 5 aliphatic rings. The van der Waals surface area contributed by atoms with Crippen LogP contribution in [0, 0.1) is 17.8 Å². The third-order valence-corrected chi connectivity index (χ3v) is 7.43. The molecule has 0 radical (unpaired) electrons. The predicted octanol–water partition coefficient (Wildman–Crippen LogP) is 1.81. The van der Waals surface area contributed by atoms with Crippen molar-refractivity contribution in [2.75, 3.05) is 13.2 Å². The summed E-state index contributed by atoms with van der Waals surface area (Å²) in [4.78, 5) is 22.8. The van der Waals surface area contributed by atoms with Gasteiger partial charge in [0.25, 0.3) is 0 Å². The van der Waals surface area contributed by atoms with Crippen molar-refractivity contribution in [2.45, 2.75) is 61.0 Å². The largest absolute Gasteiger partial charge is 0.490 e. The van der Waals surface area contributed by atoms with Crippen molar-refractivity contribution < 1.29 is 63.5 Å². The normalized spacial score (nSPS) is 38.8. The number of carbonyl (C=O) groups is 2. The average molecular weight is 494 g/mol. The third-order valence-electron chi connectivity index (χ3n) is 6.62. The van der Waals surface area contributed by atoms with E-state index in [1.54, 1.807) is 0 Å². The molecule has 1 N–H and O–H groups in total. The van der Waals surface area contributed by atoms with E-state index in [0.29, 0.717) is 12.8 Å². The van der Waals surface area contributed by atoms with Crippen LogP contribution in [0.3, 0.4) is 0 Å². The summed E-state index contributed by atoms with van der Waals surface area (Å²) in [7, 11) is -6.02. The SMILES string of the molecule is O=C(OCC1COC2(O1)C1CC3C[C@H]2CC(OC(=O)C(F)(F)S(=O)(=O)O)(C3)C1)C(F)(F)F. The van der Waals surface area contributed by atoms with Gasteiger partial charge in [-0.3, -0.25) is 4.55 Å². The van der Waals surface area contributed by atoms with Crippen LogP contribution in [-0.4, -0.2) is 67.0 Å². The highest BCUT2D eigenvalue weighted by atomic mass is 32.2. The Balaban J connectivity index is 1.45. The van der Waals surface area contributed by atoms with Crippen molar-refractivity contribution in [2.24, 2.45) is 17.8 Å². The third kappa shape index (κ3) is 3.76. The summed E-state index contributed by atoms with van der Waals surface area (Å²) in [5.74, 6) is -6.99. The summed E-state index contributed by atoms with van der Waals surface area (Å²) in [6, 6.07) is 0. The van der Waals surface area contributed by atoms with Gasteiger partial charge in [0, 0.05) is 11.8 Å². The first kappa shape index (κ1) is 23.6. The zero-order valence-corrected chi connectivity index (χ0v) is 17.1. The molecule has 5 fully saturated rings. The molecule has 4 aliphatic carbocycles. The molecule has 1 spiro atoms. The number of rotatable bonds is 5. The van der Waals surface area contributed by atoms with Crippen LogP contribution in [0.5, 0.6) is 0 Å². The number of carbonyl (C=O) groups excluding carboxylic acids is 2. The summed E-state index contributed by atoms with van der Waals surface area (Å²) < 4.78 is 116. The molecule has 0 aromatic heterocycles. The van der Waals surface area contributed by atoms with Crippen LogP contribution < -0.4 is 0 Å². The Morgan fingerprint density at radius 3 is 2.16 bits per heavy atom. The quantitative estimate of drug-likeness (QED) is 0.346. The molecule has 6 atom stereocenters. The van der Waals surface area contributed by atoms with Crippen LogP contribution in [0.15, 0.2) is 0 Å². The van der Waals surface area contributed by atoms with Gasteiger partial charge >= 0.3 is 33.5 Å². The summed E-state index contributed by atoms with van der Waals surface area (Å²) in [6.45, 7) is -0.847. The van der Waals surface area contributed by atoms with Gasteiger partial charge in [-0.2, -0.15) is 30.4 Å². The molecule has 0 aromatic carbocycles. The van der Waals surface area contributed by atoms with Gasteiger partial charge in [0.2, 0.25) is 0 Å². The van der Waals surface area contributed by atoms with Crippen LogP contribution >= 0.6 is 0 Å². The number of halogens is 5. The highest BCUT2D eigenvalue weighted by Crippen LogP contribution is 2.64. The lowest BCUT2D eigenvalue weighted by Gasteiger charge is -2.62. The first-order chi connectivity index (χ1) is 14.6. The molecule has 32 heavy (non-hydrogen) atoms. The van der Waals surface area contributed by atoms with E-state index in [2.05, 4.69) is 4.74 Å². The predicted molar refractivity (Wildman–Crippen MR) is 89.4 cm³/mol. The molecule has 1 heterocycles.